The summed E-state index contributed by atoms with van der Waals surface area (Å²) in [7, 11) is 1.58. The molecule has 0 aliphatic carbocycles. The van der Waals surface area contributed by atoms with Crippen LogP contribution in [-0.2, 0) is 9.53 Å². The molecule has 0 spiro atoms. The second-order valence-corrected chi connectivity index (χ2v) is 7.14. The van der Waals surface area contributed by atoms with Crippen molar-refractivity contribution in [2.24, 2.45) is 0 Å². The number of ether oxygens (including phenoxy) is 1. The topological polar surface area (TPSA) is 29.5 Å². The van der Waals surface area contributed by atoms with Gasteiger partial charge in [0, 0.05) is 26.1 Å². The number of carbonyl (C=O) groups is 1. The summed E-state index contributed by atoms with van der Waals surface area (Å²) in [6, 6.07) is 15.3. The van der Waals surface area contributed by atoms with Crippen molar-refractivity contribution in [1.82, 2.24) is 4.90 Å². The molecule has 0 bridgehead atoms. The molecule has 2 aromatic carbocycles. The number of carbonyl (C=O) groups excluding carboxylic acids is 1. The molecule has 3 rings (SSSR count). The summed E-state index contributed by atoms with van der Waals surface area (Å²) < 4.78 is 5.50. The summed E-state index contributed by atoms with van der Waals surface area (Å²) in [5, 5.41) is 1.11. The van der Waals surface area contributed by atoms with Crippen molar-refractivity contribution in [3.05, 3.63) is 69.7 Å². The Bertz CT molecular complexity index is 736. The van der Waals surface area contributed by atoms with Gasteiger partial charge in [-0.15, -0.1) is 0 Å². The summed E-state index contributed by atoms with van der Waals surface area (Å²) >= 11 is 12.2. The molecule has 25 heavy (non-hydrogen) atoms. The van der Waals surface area contributed by atoms with Gasteiger partial charge in [0.1, 0.15) is 0 Å². The number of hydrogen-bond donors (Lipinski definition) is 0. The zero-order chi connectivity index (χ0) is 17.8. The minimum Gasteiger partial charge on any atom is -0.367 e. The Labute approximate surface area is 158 Å². The fraction of sp³-hybridized carbons (Fsp3) is 0.350. The average molecular weight is 378 g/mol. The van der Waals surface area contributed by atoms with Crippen LogP contribution in [0.25, 0.3) is 0 Å². The van der Waals surface area contributed by atoms with Gasteiger partial charge in [-0.05, 0) is 36.1 Å². The quantitative estimate of drug-likeness (QED) is 0.742. The molecular formula is C20H21Cl2NO2. The third-order valence-corrected chi connectivity index (χ3v) is 5.45. The highest BCUT2D eigenvalue weighted by Gasteiger charge is 2.30. The zero-order valence-corrected chi connectivity index (χ0v) is 15.6. The molecule has 1 fully saturated rings. The molecule has 1 saturated heterocycles. The Kier molecular flexibility index (Phi) is 6.00. The normalized spacial score (nSPS) is 18.8. The van der Waals surface area contributed by atoms with E-state index in [0.29, 0.717) is 16.6 Å². The van der Waals surface area contributed by atoms with Gasteiger partial charge in [0.15, 0.2) is 6.10 Å². The molecule has 2 atom stereocenters. The lowest BCUT2D eigenvalue weighted by molar-refractivity contribution is -0.143. The van der Waals surface area contributed by atoms with Crippen LogP contribution in [0.5, 0.6) is 0 Å². The molecular weight excluding hydrogens is 357 g/mol. The molecule has 1 aliphatic heterocycles. The second kappa shape index (κ2) is 8.22. The third-order valence-electron chi connectivity index (χ3n) is 4.71. The van der Waals surface area contributed by atoms with E-state index >= 15 is 0 Å². The zero-order valence-electron chi connectivity index (χ0n) is 14.1. The number of nitrogens with zero attached hydrogens (tertiary/aromatic N) is 1. The van der Waals surface area contributed by atoms with Crippen LogP contribution in [0.4, 0.5) is 0 Å². The maximum absolute atomic E-state index is 13.0. The molecule has 0 radical (unpaired) electrons. The fourth-order valence-corrected chi connectivity index (χ4v) is 3.70. The van der Waals surface area contributed by atoms with Crippen molar-refractivity contribution in [3.63, 3.8) is 0 Å². The molecule has 0 saturated carbocycles. The first-order chi connectivity index (χ1) is 12.1. The first kappa shape index (κ1) is 18.2. The predicted octanol–water partition coefficient (Wildman–Crippen LogP) is 5.09. The van der Waals surface area contributed by atoms with Crippen molar-refractivity contribution in [2.75, 3.05) is 20.2 Å². The molecule has 0 N–H and O–H groups in total. The van der Waals surface area contributed by atoms with E-state index in [1.54, 1.807) is 7.11 Å². The van der Waals surface area contributed by atoms with Gasteiger partial charge in [0.05, 0.1) is 10.0 Å². The molecule has 3 nitrogen and oxygen atoms in total. The SMILES string of the molecule is COC(C(=O)N1CCCC(c2ccc(Cl)c(Cl)c2)C1)c1ccccc1. The largest absolute Gasteiger partial charge is 0.367 e. The van der Waals surface area contributed by atoms with Crippen LogP contribution in [0.2, 0.25) is 10.0 Å². The number of amides is 1. The average Bonchev–Trinajstić information content (AvgIpc) is 2.65. The van der Waals surface area contributed by atoms with Crippen LogP contribution in [0.15, 0.2) is 48.5 Å². The highest BCUT2D eigenvalue weighted by molar-refractivity contribution is 6.42. The van der Waals surface area contributed by atoms with Crippen molar-refractivity contribution in [3.8, 4) is 0 Å². The molecule has 2 aromatic rings. The summed E-state index contributed by atoms with van der Waals surface area (Å²) in [6.07, 6.45) is 1.43. The highest BCUT2D eigenvalue weighted by atomic mass is 35.5. The van der Waals surface area contributed by atoms with E-state index < -0.39 is 6.10 Å². The maximum Gasteiger partial charge on any atom is 0.256 e. The van der Waals surface area contributed by atoms with E-state index in [1.807, 2.05) is 53.4 Å². The highest BCUT2D eigenvalue weighted by Crippen LogP contribution is 2.32. The minimum absolute atomic E-state index is 0.0125. The van der Waals surface area contributed by atoms with E-state index in [4.69, 9.17) is 27.9 Å². The number of likely N-dealkylation sites (tertiary alicyclic amines) is 1. The van der Waals surface area contributed by atoms with Gasteiger partial charge in [0.25, 0.3) is 5.91 Å². The van der Waals surface area contributed by atoms with Crippen LogP contribution >= 0.6 is 23.2 Å². The van der Waals surface area contributed by atoms with Gasteiger partial charge in [-0.1, -0.05) is 59.6 Å². The van der Waals surface area contributed by atoms with Crippen LogP contribution in [-0.4, -0.2) is 31.0 Å². The first-order valence-electron chi connectivity index (χ1n) is 8.41. The summed E-state index contributed by atoms with van der Waals surface area (Å²) in [6.45, 7) is 1.42. The van der Waals surface area contributed by atoms with Crippen molar-refractivity contribution in [1.29, 1.82) is 0 Å². The Morgan fingerprint density at radius 3 is 2.60 bits per heavy atom. The van der Waals surface area contributed by atoms with Crippen LogP contribution in [0, 0.1) is 0 Å². The van der Waals surface area contributed by atoms with Gasteiger partial charge in [0.2, 0.25) is 0 Å². The Morgan fingerprint density at radius 1 is 1.16 bits per heavy atom. The standard InChI is InChI=1S/C20H21Cl2NO2/c1-25-19(14-6-3-2-4-7-14)20(24)23-11-5-8-16(13-23)15-9-10-17(21)18(22)12-15/h2-4,6-7,9-10,12,16,19H,5,8,11,13H2,1H3. The van der Waals surface area contributed by atoms with Crippen molar-refractivity contribution in [2.45, 2.75) is 24.9 Å². The van der Waals surface area contributed by atoms with Crippen molar-refractivity contribution < 1.29 is 9.53 Å². The van der Waals surface area contributed by atoms with Crippen LogP contribution in [0.3, 0.4) is 0 Å². The smallest absolute Gasteiger partial charge is 0.256 e. The molecule has 0 aromatic heterocycles. The summed E-state index contributed by atoms with van der Waals surface area (Å²) in [5.74, 6) is 0.277. The van der Waals surface area contributed by atoms with Gasteiger partial charge in [-0.3, -0.25) is 4.79 Å². The predicted molar refractivity (Wildman–Crippen MR) is 101 cm³/mol. The Hall–Kier alpha value is -1.55. The molecule has 1 aliphatic rings. The lowest BCUT2D eigenvalue weighted by Crippen LogP contribution is -2.42. The Balaban J connectivity index is 1.76. The lowest BCUT2D eigenvalue weighted by atomic mass is 9.90. The number of piperidine rings is 1. The van der Waals surface area contributed by atoms with Gasteiger partial charge < -0.3 is 9.64 Å². The van der Waals surface area contributed by atoms with E-state index in [2.05, 4.69) is 0 Å². The number of methoxy groups -OCH3 is 1. The fourth-order valence-electron chi connectivity index (χ4n) is 3.39. The summed E-state index contributed by atoms with van der Waals surface area (Å²) in [4.78, 5) is 14.9. The van der Waals surface area contributed by atoms with Crippen LogP contribution < -0.4 is 0 Å². The minimum atomic E-state index is -0.561. The number of hydrogen-bond acceptors (Lipinski definition) is 2. The maximum atomic E-state index is 13.0. The lowest BCUT2D eigenvalue weighted by Gasteiger charge is -2.35. The van der Waals surface area contributed by atoms with Gasteiger partial charge in [-0.25, -0.2) is 0 Å². The van der Waals surface area contributed by atoms with Gasteiger partial charge in [-0.2, -0.15) is 0 Å². The Morgan fingerprint density at radius 2 is 1.92 bits per heavy atom. The number of halogens is 2. The summed E-state index contributed by atoms with van der Waals surface area (Å²) in [5.41, 5.74) is 2.01. The number of rotatable bonds is 4. The molecule has 1 amide bonds. The first-order valence-corrected chi connectivity index (χ1v) is 9.17. The molecule has 5 heteroatoms. The number of benzene rings is 2. The molecule has 1 heterocycles. The van der Waals surface area contributed by atoms with E-state index in [-0.39, 0.29) is 11.8 Å². The third kappa shape index (κ3) is 4.17. The second-order valence-electron chi connectivity index (χ2n) is 6.32. The van der Waals surface area contributed by atoms with E-state index in [9.17, 15) is 4.79 Å². The monoisotopic (exact) mass is 377 g/mol. The van der Waals surface area contributed by atoms with Crippen LogP contribution in [0.1, 0.15) is 36.0 Å². The van der Waals surface area contributed by atoms with Crippen molar-refractivity contribution >= 4 is 29.1 Å². The molecule has 2 unspecified atom stereocenters. The van der Waals surface area contributed by atoms with E-state index in [0.717, 1.165) is 30.5 Å². The van der Waals surface area contributed by atoms with E-state index in [1.165, 1.54) is 0 Å². The van der Waals surface area contributed by atoms with Gasteiger partial charge >= 0.3 is 0 Å². The molecule has 132 valence electrons.